The van der Waals surface area contributed by atoms with Gasteiger partial charge in [0, 0.05) is 10.3 Å². The maximum Gasteiger partial charge on any atom is 0.358 e. The van der Waals surface area contributed by atoms with Crippen LogP contribution in [-0.4, -0.2) is 14.4 Å². The second kappa shape index (κ2) is 6.82. The van der Waals surface area contributed by atoms with Gasteiger partial charge in [0.25, 0.3) is 0 Å². The van der Waals surface area contributed by atoms with Crippen LogP contribution in [0.4, 0.5) is 0 Å². The third-order valence-corrected chi connectivity index (χ3v) is 5.88. The monoisotopic (exact) mass is 351 g/mol. The van der Waals surface area contributed by atoms with Crippen molar-refractivity contribution < 1.29 is 18.0 Å². The molecule has 1 aliphatic rings. The number of hydrogen-bond donors (Lipinski definition) is 1. The van der Waals surface area contributed by atoms with E-state index in [4.69, 9.17) is 4.84 Å². The Balaban J connectivity index is 1.63. The first-order valence-corrected chi connectivity index (χ1v) is 9.92. The molecule has 0 bridgehead atoms. The average Bonchev–Trinajstić information content (AvgIpc) is 2.97. The molecular formula is C16H17NO4S2. The summed E-state index contributed by atoms with van der Waals surface area (Å²) in [7, 11) is -3.73. The van der Waals surface area contributed by atoms with Gasteiger partial charge < -0.3 is 4.84 Å². The maximum atomic E-state index is 12.1. The molecule has 1 aromatic carbocycles. The first kappa shape index (κ1) is 16.2. The third kappa shape index (κ3) is 3.99. The van der Waals surface area contributed by atoms with Crippen molar-refractivity contribution in [3.63, 3.8) is 0 Å². The van der Waals surface area contributed by atoms with E-state index in [-0.39, 0.29) is 5.75 Å². The number of aryl methyl sites for hydroxylation is 1. The minimum absolute atomic E-state index is 0.233. The Morgan fingerprint density at radius 2 is 1.91 bits per heavy atom. The van der Waals surface area contributed by atoms with Gasteiger partial charge in [-0.15, -0.1) is 11.3 Å². The van der Waals surface area contributed by atoms with Gasteiger partial charge in [-0.1, -0.05) is 30.3 Å². The summed E-state index contributed by atoms with van der Waals surface area (Å²) in [5.41, 5.74) is 2.12. The highest BCUT2D eigenvalue weighted by Crippen LogP contribution is 2.30. The molecule has 1 N–H and O–H groups in total. The number of hydrogen-bond acceptors (Lipinski definition) is 5. The van der Waals surface area contributed by atoms with Gasteiger partial charge in [0.15, 0.2) is 0 Å². The highest BCUT2D eigenvalue weighted by atomic mass is 32.2. The van der Waals surface area contributed by atoms with Gasteiger partial charge in [0.2, 0.25) is 10.0 Å². The summed E-state index contributed by atoms with van der Waals surface area (Å²) in [6.45, 7) is 0. The van der Waals surface area contributed by atoms with E-state index in [0.29, 0.717) is 11.1 Å². The van der Waals surface area contributed by atoms with Crippen LogP contribution in [0, 0.1) is 0 Å². The first-order chi connectivity index (χ1) is 11.1. The summed E-state index contributed by atoms with van der Waals surface area (Å²) in [5.74, 6) is -0.871. The molecule has 23 heavy (non-hydrogen) atoms. The van der Waals surface area contributed by atoms with Crippen molar-refractivity contribution in [1.29, 1.82) is 0 Å². The number of fused-ring (bicyclic) bond motifs is 1. The lowest BCUT2D eigenvalue weighted by Crippen LogP contribution is -2.28. The van der Waals surface area contributed by atoms with Crippen LogP contribution in [0.2, 0.25) is 0 Å². The van der Waals surface area contributed by atoms with E-state index in [1.165, 1.54) is 16.2 Å². The highest BCUT2D eigenvalue weighted by molar-refractivity contribution is 7.88. The van der Waals surface area contributed by atoms with Crippen molar-refractivity contribution in [2.75, 3.05) is 0 Å². The summed E-state index contributed by atoms with van der Waals surface area (Å²) in [6, 6.07) is 8.74. The van der Waals surface area contributed by atoms with E-state index in [2.05, 4.69) is 0 Å². The van der Waals surface area contributed by atoms with E-state index in [9.17, 15) is 13.2 Å². The summed E-state index contributed by atoms with van der Waals surface area (Å²) in [4.78, 5) is 20.1. The minimum Gasteiger partial charge on any atom is -0.351 e. The molecule has 0 unspecified atom stereocenters. The number of carbonyl (C=O) groups excluding carboxylic acids is 1. The Kier molecular flexibility index (Phi) is 4.79. The Hall–Kier alpha value is -1.70. The van der Waals surface area contributed by atoms with Crippen molar-refractivity contribution in [3.8, 4) is 0 Å². The number of rotatable bonds is 5. The molecule has 1 aromatic heterocycles. The number of sulfonamides is 1. The maximum absolute atomic E-state index is 12.1. The molecule has 122 valence electrons. The lowest BCUT2D eigenvalue weighted by Gasteiger charge is -2.12. The zero-order chi connectivity index (χ0) is 16.3. The van der Waals surface area contributed by atoms with Crippen LogP contribution in [-0.2, 0) is 33.5 Å². The predicted octanol–water partition coefficient (Wildman–Crippen LogP) is 2.82. The lowest BCUT2D eigenvalue weighted by atomic mass is 9.96. The van der Waals surface area contributed by atoms with Crippen LogP contribution in [0.5, 0.6) is 0 Å². The Labute approximate surface area is 139 Å². The van der Waals surface area contributed by atoms with E-state index in [0.717, 1.165) is 31.2 Å². The van der Waals surface area contributed by atoms with Crippen LogP contribution in [0.15, 0.2) is 35.7 Å². The fourth-order valence-corrected chi connectivity index (χ4v) is 4.65. The molecule has 1 aliphatic carbocycles. The fraction of sp³-hybridized carbons (Fsp3) is 0.312. The SMILES string of the molecule is O=C(ONS(=O)(=O)Cc1ccccc1)c1csc2c1CCCC2. The second-order valence-corrected chi connectivity index (χ2v) is 8.12. The number of thiophene rings is 1. The topological polar surface area (TPSA) is 72.5 Å². The van der Waals surface area contributed by atoms with Gasteiger partial charge in [-0.25, -0.2) is 13.2 Å². The standard InChI is InChI=1S/C16H17NO4S2/c18-16(14-10-22-15-9-5-4-8-13(14)15)21-17-23(19,20)11-12-6-2-1-3-7-12/h1-3,6-7,10,17H,4-5,8-9,11H2. The Morgan fingerprint density at radius 3 is 2.70 bits per heavy atom. The molecule has 0 amide bonds. The second-order valence-electron chi connectivity index (χ2n) is 5.48. The fourth-order valence-electron chi connectivity index (χ4n) is 2.64. The van der Waals surface area contributed by atoms with Crippen molar-refractivity contribution in [1.82, 2.24) is 4.89 Å². The van der Waals surface area contributed by atoms with Gasteiger partial charge in [-0.05, 0) is 41.7 Å². The molecule has 0 spiro atoms. The molecular weight excluding hydrogens is 334 g/mol. The molecule has 0 saturated carbocycles. The van der Waals surface area contributed by atoms with Crippen LogP contribution >= 0.6 is 11.3 Å². The Morgan fingerprint density at radius 1 is 1.17 bits per heavy atom. The molecule has 0 radical (unpaired) electrons. The van der Waals surface area contributed by atoms with Crippen molar-refractivity contribution in [2.45, 2.75) is 31.4 Å². The van der Waals surface area contributed by atoms with Crippen LogP contribution < -0.4 is 4.89 Å². The van der Waals surface area contributed by atoms with Gasteiger partial charge in [0.1, 0.15) is 0 Å². The quantitative estimate of drug-likeness (QED) is 0.841. The summed E-state index contributed by atoms with van der Waals surface area (Å²) < 4.78 is 24.0. The summed E-state index contributed by atoms with van der Waals surface area (Å²) >= 11 is 1.54. The third-order valence-electron chi connectivity index (χ3n) is 3.74. The smallest absolute Gasteiger partial charge is 0.351 e. The van der Waals surface area contributed by atoms with E-state index < -0.39 is 16.0 Å². The van der Waals surface area contributed by atoms with Crippen molar-refractivity contribution in [2.24, 2.45) is 0 Å². The molecule has 0 fully saturated rings. The number of nitrogens with one attached hydrogen (secondary N) is 1. The molecule has 3 rings (SSSR count). The van der Waals surface area contributed by atoms with E-state index in [1.54, 1.807) is 29.6 Å². The molecule has 0 aliphatic heterocycles. The summed E-state index contributed by atoms with van der Waals surface area (Å²) in [6.07, 6.45) is 4.00. The van der Waals surface area contributed by atoms with Gasteiger partial charge in [-0.3, -0.25) is 0 Å². The van der Waals surface area contributed by atoms with Crippen LogP contribution in [0.25, 0.3) is 0 Å². The van der Waals surface area contributed by atoms with Crippen LogP contribution in [0.1, 0.15) is 39.2 Å². The van der Waals surface area contributed by atoms with E-state index in [1.807, 2.05) is 11.0 Å². The van der Waals surface area contributed by atoms with Gasteiger partial charge in [-0.2, -0.15) is 0 Å². The average molecular weight is 351 g/mol. The predicted molar refractivity (Wildman–Crippen MR) is 88.6 cm³/mol. The molecule has 7 heteroatoms. The zero-order valence-electron chi connectivity index (χ0n) is 12.4. The zero-order valence-corrected chi connectivity index (χ0v) is 14.1. The van der Waals surface area contributed by atoms with Crippen LogP contribution in [0.3, 0.4) is 0 Å². The van der Waals surface area contributed by atoms with Crippen molar-refractivity contribution in [3.05, 3.63) is 57.3 Å². The molecule has 5 nitrogen and oxygen atoms in total. The normalized spacial score (nSPS) is 14.3. The largest absolute Gasteiger partial charge is 0.358 e. The summed E-state index contributed by atoms with van der Waals surface area (Å²) in [5, 5.41) is 1.75. The number of benzene rings is 1. The highest BCUT2D eigenvalue weighted by Gasteiger charge is 2.23. The molecule has 1 heterocycles. The van der Waals surface area contributed by atoms with Crippen molar-refractivity contribution >= 4 is 27.3 Å². The van der Waals surface area contributed by atoms with Gasteiger partial charge >= 0.3 is 5.97 Å². The first-order valence-electron chi connectivity index (χ1n) is 7.39. The minimum atomic E-state index is -3.73. The lowest BCUT2D eigenvalue weighted by molar-refractivity contribution is 0.0406. The van der Waals surface area contributed by atoms with Gasteiger partial charge in [0.05, 0.1) is 11.3 Å². The Bertz CT molecular complexity index is 797. The van der Waals surface area contributed by atoms with E-state index >= 15 is 0 Å². The molecule has 0 atom stereocenters. The number of carbonyl (C=O) groups is 1. The molecule has 0 saturated heterocycles. The molecule has 2 aromatic rings.